The lowest BCUT2D eigenvalue weighted by Crippen LogP contribution is -2.39. The second-order valence-corrected chi connectivity index (χ2v) is 6.64. The van der Waals surface area contributed by atoms with Crippen LogP contribution in [-0.4, -0.2) is 11.2 Å². The lowest BCUT2D eigenvalue weighted by molar-refractivity contribution is 0.776. The maximum absolute atomic E-state index is 5.72. The molecule has 0 spiro atoms. The van der Waals surface area contributed by atoms with Crippen LogP contribution in [0.3, 0.4) is 0 Å². The van der Waals surface area contributed by atoms with Crippen molar-refractivity contribution in [1.82, 2.24) is 0 Å². The lowest BCUT2D eigenvalue weighted by atomic mass is 10.1. The Morgan fingerprint density at radius 2 is 1.77 bits per heavy atom. The van der Waals surface area contributed by atoms with Gasteiger partial charge in [0.2, 0.25) is 0 Å². The van der Waals surface area contributed by atoms with Crippen LogP contribution in [0, 0.1) is 20.8 Å². The first-order chi connectivity index (χ1) is 10.5. The monoisotopic (exact) mass is 310 g/mol. The normalized spacial score (nSPS) is 16.5. The summed E-state index contributed by atoms with van der Waals surface area (Å²) in [5.74, 6) is 0. The third-order valence-electron chi connectivity index (χ3n) is 4.34. The number of nitrogens with zero attached hydrogens (tertiary/aromatic N) is 1. The van der Waals surface area contributed by atoms with Crippen LogP contribution in [0.5, 0.6) is 0 Å². The summed E-state index contributed by atoms with van der Waals surface area (Å²) >= 11 is 5.72. The molecule has 0 fully saturated rings. The van der Waals surface area contributed by atoms with Gasteiger partial charge < -0.3 is 10.2 Å². The molecule has 3 rings (SSSR count). The van der Waals surface area contributed by atoms with E-state index in [1.54, 1.807) is 0 Å². The number of fused-ring (bicyclic) bond motifs is 1. The smallest absolute Gasteiger partial charge is 0.178 e. The van der Waals surface area contributed by atoms with Crippen molar-refractivity contribution < 1.29 is 0 Å². The zero-order valence-corrected chi connectivity index (χ0v) is 14.4. The molecule has 22 heavy (non-hydrogen) atoms. The number of thiocarbonyl (C=S) groups is 1. The van der Waals surface area contributed by atoms with E-state index in [1.165, 1.54) is 27.9 Å². The van der Waals surface area contributed by atoms with Gasteiger partial charge in [-0.15, -0.1) is 0 Å². The second-order valence-electron chi connectivity index (χ2n) is 6.26. The minimum absolute atomic E-state index is 0.392. The van der Waals surface area contributed by atoms with E-state index in [-0.39, 0.29) is 0 Å². The Labute approximate surface area is 138 Å². The van der Waals surface area contributed by atoms with Gasteiger partial charge in [0, 0.05) is 17.4 Å². The van der Waals surface area contributed by atoms with Crippen LogP contribution in [0.2, 0.25) is 0 Å². The van der Waals surface area contributed by atoms with Gasteiger partial charge in [0.05, 0.1) is 0 Å². The molecule has 0 radical (unpaired) electrons. The molecule has 1 heterocycles. The van der Waals surface area contributed by atoms with Gasteiger partial charge >= 0.3 is 0 Å². The van der Waals surface area contributed by atoms with Crippen molar-refractivity contribution in [1.29, 1.82) is 0 Å². The maximum atomic E-state index is 5.72. The second kappa shape index (κ2) is 5.73. The molecular formula is C19H22N2S. The van der Waals surface area contributed by atoms with Gasteiger partial charge in [0.25, 0.3) is 0 Å². The predicted molar refractivity (Wildman–Crippen MR) is 99.0 cm³/mol. The summed E-state index contributed by atoms with van der Waals surface area (Å²) in [5.41, 5.74) is 7.49. The van der Waals surface area contributed by atoms with Gasteiger partial charge in [-0.2, -0.15) is 0 Å². The average Bonchev–Trinajstić information content (AvgIpc) is 2.78. The molecule has 114 valence electrons. The summed E-state index contributed by atoms with van der Waals surface area (Å²) in [6, 6.07) is 13.3. The quantitative estimate of drug-likeness (QED) is 0.765. The Morgan fingerprint density at radius 3 is 2.45 bits per heavy atom. The molecule has 1 unspecified atom stereocenters. The van der Waals surface area contributed by atoms with Crippen molar-refractivity contribution in [3.63, 3.8) is 0 Å². The fourth-order valence-corrected chi connectivity index (χ4v) is 3.80. The number of hydrogen-bond donors (Lipinski definition) is 1. The number of benzene rings is 2. The van der Waals surface area contributed by atoms with Gasteiger partial charge in [-0.1, -0.05) is 35.9 Å². The first kappa shape index (κ1) is 15.0. The van der Waals surface area contributed by atoms with Gasteiger partial charge in [0.15, 0.2) is 5.11 Å². The predicted octanol–water partition coefficient (Wildman–Crippen LogP) is 4.76. The molecular weight excluding hydrogens is 288 g/mol. The molecule has 1 N–H and O–H groups in total. The SMILES string of the molecule is Cc1cc(C)c(NC(=S)N2c3ccccc3CC2C)c(C)c1. The van der Waals surface area contributed by atoms with Crippen LogP contribution >= 0.6 is 12.2 Å². The number of para-hydroxylation sites is 1. The van der Waals surface area contributed by atoms with Crippen LogP contribution < -0.4 is 10.2 Å². The summed E-state index contributed by atoms with van der Waals surface area (Å²) < 4.78 is 0. The standard InChI is InChI=1S/C19H22N2S/c1-12-9-13(2)18(14(3)10-12)20-19(22)21-15(4)11-16-7-5-6-8-17(16)21/h5-10,15H,11H2,1-4H3,(H,20,22). The van der Waals surface area contributed by atoms with E-state index < -0.39 is 0 Å². The molecule has 0 aliphatic carbocycles. The number of nitrogens with one attached hydrogen (secondary N) is 1. The van der Waals surface area contributed by atoms with Crippen LogP contribution in [0.1, 0.15) is 29.2 Å². The van der Waals surface area contributed by atoms with Crippen molar-refractivity contribution in [2.45, 2.75) is 40.2 Å². The molecule has 2 nitrogen and oxygen atoms in total. The lowest BCUT2D eigenvalue weighted by Gasteiger charge is -2.27. The summed E-state index contributed by atoms with van der Waals surface area (Å²) in [6.45, 7) is 8.61. The van der Waals surface area contributed by atoms with Crippen LogP contribution in [-0.2, 0) is 6.42 Å². The Kier molecular flexibility index (Phi) is 3.92. The maximum Gasteiger partial charge on any atom is 0.178 e. The largest absolute Gasteiger partial charge is 0.332 e. The minimum atomic E-state index is 0.392. The summed E-state index contributed by atoms with van der Waals surface area (Å²) in [7, 11) is 0. The van der Waals surface area contributed by atoms with Crippen LogP contribution in [0.15, 0.2) is 36.4 Å². The van der Waals surface area contributed by atoms with E-state index >= 15 is 0 Å². The highest BCUT2D eigenvalue weighted by Crippen LogP contribution is 2.33. The van der Waals surface area contributed by atoms with E-state index in [0.717, 1.165) is 17.2 Å². The minimum Gasteiger partial charge on any atom is -0.332 e. The first-order valence-electron chi connectivity index (χ1n) is 7.73. The zero-order valence-electron chi connectivity index (χ0n) is 13.6. The summed E-state index contributed by atoms with van der Waals surface area (Å²) in [4.78, 5) is 2.24. The van der Waals surface area contributed by atoms with E-state index in [2.05, 4.69) is 74.3 Å². The average molecular weight is 310 g/mol. The summed E-state index contributed by atoms with van der Waals surface area (Å²) in [6.07, 6.45) is 1.05. The Hall–Kier alpha value is -1.87. The van der Waals surface area contributed by atoms with Crippen LogP contribution in [0.25, 0.3) is 0 Å². The van der Waals surface area contributed by atoms with Crippen molar-refractivity contribution in [2.24, 2.45) is 0 Å². The Morgan fingerprint density at radius 1 is 1.14 bits per heavy atom. The Balaban J connectivity index is 1.90. The molecule has 1 atom stereocenters. The van der Waals surface area contributed by atoms with Crippen molar-refractivity contribution in [3.05, 3.63) is 58.7 Å². The fourth-order valence-electron chi connectivity index (χ4n) is 3.42. The van der Waals surface area contributed by atoms with E-state index in [4.69, 9.17) is 12.2 Å². The molecule has 1 aliphatic heterocycles. The molecule has 0 bridgehead atoms. The third-order valence-corrected chi connectivity index (χ3v) is 4.63. The van der Waals surface area contributed by atoms with Crippen molar-refractivity contribution >= 4 is 28.7 Å². The molecule has 0 saturated heterocycles. The van der Waals surface area contributed by atoms with Crippen molar-refractivity contribution in [3.8, 4) is 0 Å². The highest BCUT2D eigenvalue weighted by atomic mass is 32.1. The number of anilines is 2. The number of rotatable bonds is 1. The first-order valence-corrected chi connectivity index (χ1v) is 8.14. The van der Waals surface area contributed by atoms with Crippen LogP contribution in [0.4, 0.5) is 11.4 Å². The molecule has 2 aromatic rings. The zero-order chi connectivity index (χ0) is 15.9. The molecule has 0 saturated carbocycles. The fraction of sp³-hybridized carbons (Fsp3) is 0.316. The molecule has 0 aromatic heterocycles. The van der Waals surface area contributed by atoms with Gasteiger partial charge in [0.1, 0.15) is 0 Å². The van der Waals surface area contributed by atoms with E-state index in [1.807, 2.05) is 0 Å². The van der Waals surface area contributed by atoms with E-state index in [9.17, 15) is 0 Å². The van der Waals surface area contributed by atoms with Gasteiger partial charge in [-0.25, -0.2) is 0 Å². The summed E-state index contributed by atoms with van der Waals surface area (Å²) in [5, 5.41) is 4.26. The highest BCUT2D eigenvalue weighted by Gasteiger charge is 2.28. The number of aryl methyl sites for hydroxylation is 3. The Bertz CT molecular complexity index is 713. The van der Waals surface area contributed by atoms with Gasteiger partial charge in [-0.05, 0) is 69.1 Å². The highest BCUT2D eigenvalue weighted by molar-refractivity contribution is 7.80. The van der Waals surface area contributed by atoms with E-state index in [0.29, 0.717) is 6.04 Å². The molecule has 1 aliphatic rings. The molecule has 2 aromatic carbocycles. The third kappa shape index (κ3) is 2.61. The molecule has 3 heteroatoms. The molecule has 0 amide bonds. The van der Waals surface area contributed by atoms with Gasteiger partial charge in [-0.3, -0.25) is 0 Å². The topological polar surface area (TPSA) is 15.3 Å². The number of hydrogen-bond acceptors (Lipinski definition) is 1. The van der Waals surface area contributed by atoms with Crippen molar-refractivity contribution in [2.75, 3.05) is 10.2 Å².